The van der Waals surface area contributed by atoms with E-state index in [9.17, 15) is 0 Å². The standard InChI is InChI=1S/C26H27NO2.ClH/c1-28-24-14-19-12-13-23-26(22(19)15-25(24)29-2)21-11-7-6-10-20(21)17-27(23)16-18-8-4-3-5-9-18;/h3-11,14-15,23,26H,12-13,16-17H2,1-2H3;1H. The Morgan fingerprint density at radius 3 is 2.30 bits per heavy atom. The molecule has 0 fully saturated rings. The first-order valence-electron chi connectivity index (χ1n) is 10.4. The lowest BCUT2D eigenvalue weighted by molar-refractivity contribution is 0.132. The lowest BCUT2D eigenvalue weighted by Gasteiger charge is -2.46. The lowest BCUT2D eigenvalue weighted by Crippen LogP contribution is -2.45. The molecule has 4 heteroatoms. The molecule has 0 saturated carbocycles. The SMILES string of the molecule is COc1cc2c(cc1OC)C1c3ccccc3CN(Cc3ccccc3)C1CC2.Cl. The minimum atomic E-state index is 0. The zero-order valence-corrected chi connectivity index (χ0v) is 18.3. The highest BCUT2D eigenvalue weighted by Crippen LogP contribution is 2.47. The molecule has 0 spiro atoms. The van der Waals surface area contributed by atoms with Crippen molar-refractivity contribution in [1.82, 2.24) is 4.90 Å². The number of halogens is 1. The zero-order valence-electron chi connectivity index (χ0n) is 17.5. The monoisotopic (exact) mass is 421 g/mol. The van der Waals surface area contributed by atoms with Gasteiger partial charge in [-0.2, -0.15) is 0 Å². The maximum Gasteiger partial charge on any atom is 0.161 e. The molecule has 30 heavy (non-hydrogen) atoms. The van der Waals surface area contributed by atoms with Crippen LogP contribution in [0, 0.1) is 0 Å². The summed E-state index contributed by atoms with van der Waals surface area (Å²) >= 11 is 0. The van der Waals surface area contributed by atoms with Crippen LogP contribution in [0.15, 0.2) is 66.7 Å². The van der Waals surface area contributed by atoms with Gasteiger partial charge in [-0.1, -0.05) is 54.6 Å². The van der Waals surface area contributed by atoms with E-state index >= 15 is 0 Å². The number of rotatable bonds is 4. The van der Waals surface area contributed by atoms with Crippen LogP contribution >= 0.6 is 12.4 Å². The van der Waals surface area contributed by atoms with Gasteiger partial charge in [0, 0.05) is 25.0 Å². The van der Waals surface area contributed by atoms with Crippen molar-refractivity contribution in [3.63, 3.8) is 0 Å². The molecule has 0 radical (unpaired) electrons. The summed E-state index contributed by atoms with van der Waals surface area (Å²) in [7, 11) is 3.44. The second kappa shape index (κ2) is 8.71. The number of aryl methyl sites for hydroxylation is 1. The van der Waals surface area contributed by atoms with Gasteiger partial charge in [-0.15, -0.1) is 12.4 Å². The van der Waals surface area contributed by atoms with Crippen molar-refractivity contribution in [3.05, 3.63) is 94.5 Å². The highest BCUT2D eigenvalue weighted by atomic mass is 35.5. The van der Waals surface area contributed by atoms with E-state index in [4.69, 9.17) is 9.47 Å². The van der Waals surface area contributed by atoms with Gasteiger partial charge in [0.1, 0.15) is 0 Å². The van der Waals surface area contributed by atoms with Crippen molar-refractivity contribution in [2.24, 2.45) is 0 Å². The van der Waals surface area contributed by atoms with Crippen LogP contribution in [0.2, 0.25) is 0 Å². The summed E-state index contributed by atoms with van der Waals surface area (Å²) < 4.78 is 11.2. The van der Waals surface area contributed by atoms with Gasteiger partial charge in [0.25, 0.3) is 0 Å². The third-order valence-corrected chi connectivity index (χ3v) is 6.54. The molecule has 1 heterocycles. The van der Waals surface area contributed by atoms with E-state index in [-0.39, 0.29) is 12.4 Å². The number of benzene rings is 3. The van der Waals surface area contributed by atoms with Crippen LogP contribution < -0.4 is 9.47 Å². The number of fused-ring (bicyclic) bond motifs is 5. The minimum absolute atomic E-state index is 0. The van der Waals surface area contributed by atoms with Crippen LogP contribution in [0.3, 0.4) is 0 Å². The zero-order chi connectivity index (χ0) is 19.8. The maximum absolute atomic E-state index is 5.65. The van der Waals surface area contributed by atoms with Crippen molar-refractivity contribution in [1.29, 1.82) is 0 Å². The Hall–Kier alpha value is -2.49. The topological polar surface area (TPSA) is 21.7 Å². The predicted octanol–water partition coefficient (Wildman–Crippen LogP) is 5.59. The van der Waals surface area contributed by atoms with Gasteiger partial charge < -0.3 is 9.47 Å². The Morgan fingerprint density at radius 2 is 1.53 bits per heavy atom. The fourth-order valence-corrected chi connectivity index (χ4v) is 5.20. The van der Waals surface area contributed by atoms with Gasteiger partial charge in [0.2, 0.25) is 0 Å². The molecule has 3 nitrogen and oxygen atoms in total. The summed E-state index contributed by atoms with van der Waals surface area (Å²) in [6.07, 6.45) is 2.23. The van der Waals surface area contributed by atoms with E-state index < -0.39 is 0 Å². The van der Waals surface area contributed by atoms with Gasteiger partial charge in [-0.25, -0.2) is 0 Å². The molecular formula is C26H28ClNO2. The summed E-state index contributed by atoms with van der Waals surface area (Å²) in [5, 5.41) is 0. The molecule has 2 atom stereocenters. The lowest BCUT2D eigenvalue weighted by atomic mass is 9.71. The van der Waals surface area contributed by atoms with E-state index in [1.165, 1.54) is 27.8 Å². The minimum Gasteiger partial charge on any atom is -0.493 e. The van der Waals surface area contributed by atoms with Crippen molar-refractivity contribution < 1.29 is 9.47 Å². The Morgan fingerprint density at radius 1 is 0.833 bits per heavy atom. The Balaban J connectivity index is 0.00000218. The molecular weight excluding hydrogens is 394 g/mol. The molecule has 2 unspecified atom stereocenters. The van der Waals surface area contributed by atoms with Crippen molar-refractivity contribution in [2.75, 3.05) is 14.2 Å². The van der Waals surface area contributed by atoms with Gasteiger partial charge in [-0.05, 0) is 52.8 Å². The molecule has 0 amide bonds. The third kappa shape index (κ3) is 3.57. The number of methoxy groups -OCH3 is 2. The first kappa shape index (κ1) is 20.8. The van der Waals surface area contributed by atoms with Crippen LogP contribution in [-0.2, 0) is 19.5 Å². The summed E-state index contributed by atoms with van der Waals surface area (Å²) in [4.78, 5) is 2.67. The van der Waals surface area contributed by atoms with E-state index in [0.717, 1.165) is 37.4 Å². The van der Waals surface area contributed by atoms with E-state index in [1.54, 1.807) is 14.2 Å². The maximum atomic E-state index is 5.65. The summed E-state index contributed by atoms with van der Waals surface area (Å²) in [5.41, 5.74) is 7.07. The second-order valence-corrected chi connectivity index (χ2v) is 8.08. The number of hydrogen-bond acceptors (Lipinski definition) is 3. The van der Waals surface area contributed by atoms with Gasteiger partial charge >= 0.3 is 0 Å². The average molecular weight is 422 g/mol. The van der Waals surface area contributed by atoms with Crippen molar-refractivity contribution >= 4 is 12.4 Å². The fraction of sp³-hybridized carbons (Fsp3) is 0.308. The summed E-state index contributed by atoms with van der Waals surface area (Å²) in [6, 6.07) is 24.7. The Kier molecular flexibility index (Phi) is 6.03. The molecule has 3 aromatic carbocycles. The smallest absolute Gasteiger partial charge is 0.161 e. The van der Waals surface area contributed by atoms with Crippen molar-refractivity contribution in [3.8, 4) is 11.5 Å². The number of ether oxygens (including phenoxy) is 2. The Labute approximate surface area is 185 Å². The molecule has 0 N–H and O–H groups in total. The summed E-state index contributed by atoms with van der Waals surface area (Å²) in [5.74, 6) is 2.02. The van der Waals surface area contributed by atoms with Crippen LogP contribution in [-0.4, -0.2) is 25.2 Å². The van der Waals surface area contributed by atoms with E-state index in [0.29, 0.717) is 12.0 Å². The van der Waals surface area contributed by atoms with Crippen LogP contribution in [0.4, 0.5) is 0 Å². The first-order chi connectivity index (χ1) is 14.3. The highest BCUT2D eigenvalue weighted by molar-refractivity contribution is 5.85. The molecule has 1 aliphatic heterocycles. The van der Waals surface area contributed by atoms with Crippen LogP contribution in [0.25, 0.3) is 0 Å². The van der Waals surface area contributed by atoms with Gasteiger partial charge in [-0.3, -0.25) is 4.90 Å². The van der Waals surface area contributed by atoms with E-state index in [1.807, 2.05) is 0 Å². The summed E-state index contributed by atoms with van der Waals surface area (Å²) in [6.45, 7) is 1.99. The quantitative estimate of drug-likeness (QED) is 0.548. The van der Waals surface area contributed by atoms with E-state index in [2.05, 4.69) is 71.6 Å². The fourth-order valence-electron chi connectivity index (χ4n) is 5.20. The van der Waals surface area contributed by atoms with Crippen LogP contribution in [0.5, 0.6) is 11.5 Å². The number of hydrogen-bond donors (Lipinski definition) is 0. The van der Waals surface area contributed by atoms with Crippen molar-refractivity contribution in [2.45, 2.75) is 37.9 Å². The number of nitrogens with zero attached hydrogens (tertiary/aromatic N) is 1. The molecule has 2 aliphatic rings. The molecule has 3 aromatic rings. The second-order valence-electron chi connectivity index (χ2n) is 8.08. The molecule has 5 rings (SSSR count). The molecule has 0 bridgehead atoms. The third-order valence-electron chi connectivity index (χ3n) is 6.54. The Bertz CT molecular complexity index is 1020. The van der Waals surface area contributed by atoms with Crippen LogP contribution in [0.1, 0.15) is 40.2 Å². The largest absolute Gasteiger partial charge is 0.493 e. The molecule has 0 saturated heterocycles. The first-order valence-corrected chi connectivity index (χ1v) is 10.4. The van der Waals surface area contributed by atoms with Gasteiger partial charge in [0.15, 0.2) is 11.5 Å². The molecule has 156 valence electrons. The molecule has 0 aromatic heterocycles. The predicted molar refractivity (Wildman–Crippen MR) is 123 cm³/mol. The normalized spacial score (nSPS) is 19.7. The van der Waals surface area contributed by atoms with Gasteiger partial charge in [0.05, 0.1) is 14.2 Å². The average Bonchev–Trinajstić information content (AvgIpc) is 2.78. The highest BCUT2D eigenvalue weighted by Gasteiger charge is 2.39. The molecule has 1 aliphatic carbocycles.